The second-order valence-electron chi connectivity index (χ2n) is 7.99. The van der Waals surface area contributed by atoms with Gasteiger partial charge in [0.1, 0.15) is 0 Å². The molecule has 1 saturated carbocycles. The van der Waals surface area contributed by atoms with Crippen molar-refractivity contribution in [3.8, 4) is 0 Å². The Morgan fingerprint density at radius 2 is 1.86 bits per heavy atom. The van der Waals surface area contributed by atoms with Crippen molar-refractivity contribution in [2.75, 3.05) is 38.3 Å². The van der Waals surface area contributed by atoms with Crippen LogP contribution in [0.15, 0.2) is 42.7 Å². The first kappa shape index (κ1) is 20.2. The average Bonchev–Trinajstić information content (AvgIpc) is 3.30. The first-order chi connectivity index (χ1) is 14.1. The molecule has 154 valence electrons. The number of nitrogens with zero attached hydrogens (tertiary/aromatic N) is 3. The molecule has 0 spiro atoms. The monoisotopic (exact) mass is 413 g/mol. The molecule has 0 radical (unpaired) electrons. The molecule has 1 saturated heterocycles. The molecule has 1 unspecified atom stereocenters. The van der Waals surface area contributed by atoms with Gasteiger partial charge in [-0.3, -0.25) is 9.78 Å². The van der Waals surface area contributed by atoms with Crippen LogP contribution in [-0.4, -0.2) is 49.1 Å². The van der Waals surface area contributed by atoms with Crippen LogP contribution in [-0.2, 0) is 4.74 Å². The van der Waals surface area contributed by atoms with E-state index in [2.05, 4.69) is 22.0 Å². The number of carbonyl (C=O) groups excluding carboxylic acids is 1. The fraction of sp³-hybridized carbons (Fsp3) is 0.478. The third-order valence-corrected chi connectivity index (χ3v) is 6.39. The Bertz CT molecular complexity index is 830. The largest absolute Gasteiger partial charge is 0.378 e. The highest BCUT2D eigenvalue weighted by Gasteiger charge is 2.32. The van der Waals surface area contributed by atoms with Gasteiger partial charge in [0.2, 0.25) is 0 Å². The number of hydrogen-bond acceptors (Lipinski definition) is 4. The lowest BCUT2D eigenvalue weighted by atomic mass is 9.90. The zero-order chi connectivity index (χ0) is 20.2. The van der Waals surface area contributed by atoms with E-state index in [4.69, 9.17) is 16.3 Å². The van der Waals surface area contributed by atoms with E-state index in [0.717, 1.165) is 42.2 Å². The van der Waals surface area contributed by atoms with Crippen LogP contribution in [0.1, 0.15) is 47.6 Å². The first-order valence-corrected chi connectivity index (χ1v) is 10.8. The van der Waals surface area contributed by atoms with Crippen LogP contribution < -0.4 is 4.90 Å². The molecule has 4 rings (SSSR count). The number of morpholine rings is 1. The van der Waals surface area contributed by atoms with E-state index < -0.39 is 0 Å². The van der Waals surface area contributed by atoms with Crippen molar-refractivity contribution < 1.29 is 9.53 Å². The Morgan fingerprint density at radius 3 is 2.55 bits per heavy atom. The molecule has 0 bridgehead atoms. The van der Waals surface area contributed by atoms with Crippen LogP contribution in [0.3, 0.4) is 0 Å². The highest BCUT2D eigenvalue weighted by Crippen LogP contribution is 2.39. The maximum Gasteiger partial charge on any atom is 0.255 e. The predicted octanol–water partition coefficient (Wildman–Crippen LogP) is 4.58. The van der Waals surface area contributed by atoms with Crippen molar-refractivity contribution in [1.82, 2.24) is 9.88 Å². The predicted molar refractivity (Wildman–Crippen MR) is 116 cm³/mol. The number of carbonyl (C=O) groups is 1. The lowest BCUT2D eigenvalue weighted by Gasteiger charge is -2.34. The van der Waals surface area contributed by atoms with Crippen LogP contribution in [0.2, 0.25) is 5.02 Å². The SMILES string of the molecule is CN(C(=O)c1cncc(N2CCOCC2)c1)C(c1ccc(Cl)cc1)C1CCCC1. The van der Waals surface area contributed by atoms with Crippen molar-refractivity contribution >= 4 is 23.2 Å². The summed E-state index contributed by atoms with van der Waals surface area (Å²) >= 11 is 6.10. The van der Waals surface area contributed by atoms with Crippen LogP contribution >= 0.6 is 11.6 Å². The van der Waals surface area contributed by atoms with Gasteiger partial charge in [0.05, 0.1) is 36.7 Å². The number of benzene rings is 1. The van der Waals surface area contributed by atoms with Crippen molar-refractivity contribution in [3.63, 3.8) is 0 Å². The molecule has 6 heteroatoms. The quantitative estimate of drug-likeness (QED) is 0.720. The van der Waals surface area contributed by atoms with Gasteiger partial charge in [-0.15, -0.1) is 0 Å². The van der Waals surface area contributed by atoms with E-state index in [-0.39, 0.29) is 11.9 Å². The number of aromatic nitrogens is 1. The van der Waals surface area contributed by atoms with Gasteiger partial charge in [0.25, 0.3) is 5.91 Å². The molecule has 2 fully saturated rings. The standard InChI is InChI=1S/C23H28ClN3O2/c1-26(22(17-4-2-3-5-17)18-6-8-20(24)9-7-18)23(28)19-14-21(16-25-15-19)27-10-12-29-13-11-27/h6-9,14-17,22H,2-5,10-13H2,1H3. The Balaban J connectivity index is 1.59. The molecule has 1 aliphatic carbocycles. The molecule has 2 heterocycles. The maximum absolute atomic E-state index is 13.4. The number of halogens is 1. The highest BCUT2D eigenvalue weighted by molar-refractivity contribution is 6.30. The minimum absolute atomic E-state index is 0.0134. The average molecular weight is 414 g/mol. The summed E-state index contributed by atoms with van der Waals surface area (Å²) in [5, 5.41) is 0.718. The van der Waals surface area contributed by atoms with E-state index in [9.17, 15) is 4.79 Å². The molecule has 29 heavy (non-hydrogen) atoms. The van der Waals surface area contributed by atoms with E-state index in [1.54, 1.807) is 6.20 Å². The second kappa shape index (κ2) is 9.14. The molecule has 5 nitrogen and oxygen atoms in total. The Morgan fingerprint density at radius 1 is 1.17 bits per heavy atom. The van der Waals surface area contributed by atoms with Gasteiger partial charge in [0.15, 0.2) is 0 Å². The zero-order valence-electron chi connectivity index (χ0n) is 16.9. The third-order valence-electron chi connectivity index (χ3n) is 6.14. The van der Waals surface area contributed by atoms with Crippen LogP contribution in [0.4, 0.5) is 5.69 Å². The lowest BCUT2D eigenvalue weighted by Crippen LogP contribution is -2.37. The van der Waals surface area contributed by atoms with Gasteiger partial charge in [-0.1, -0.05) is 36.6 Å². The number of anilines is 1. The van der Waals surface area contributed by atoms with Gasteiger partial charge in [-0.2, -0.15) is 0 Å². The number of pyridine rings is 1. The summed E-state index contributed by atoms with van der Waals surface area (Å²) in [6.45, 7) is 3.06. The van der Waals surface area contributed by atoms with E-state index in [1.807, 2.05) is 36.3 Å². The minimum Gasteiger partial charge on any atom is -0.378 e. The second-order valence-corrected chi connectivity index (χ2v) is 8.42. The smallest absolute Gasteiger partial charge is 0.255 e. The van der Waals surface area contributed by atoms with Crippen molar-refractivity contribution in [3.05, 3.63) is 58.9 Å². The zero-order valence-corrected chi connectivity index (χ0v) is 17.6. The van der Waals surface area contributed by atoms with Gasteiger partial charge in [0, 0.05) is 31.4 Å². The molecule has 1 atom stereocenters. The molecule has 1 aromatic carbocycles. The number of hydrogen-bond donors (Lipinski definition) is 0. The third kappa shape index (κ3) is 4.57. The lowest BCUT2D eigenvalue weighted by molar-refractivity contribution is 0.0671. The fourth-order valence-corrected chi connectivity index (χ4v) is 4.74. The molecule has 2 aromatic rings. The van der Waals surface area contributed by atoms with E-state index in [1.165, 1.54) is 12.8 Å². The van der Waals surface area contributed by atoms with Gasteiger partial charge in [-0.05, 0) is 42.5 Å². The summed E-state index contributed by atoms with van der Waals surface area (Å²) < 4.78 is 5.44. The molecule has 1 aliphatic heterocycles. The Kier molecular flexibility index (Phi) is 6.36. The van der Waals surface area contributed by atoms with E-state index in [0.29, 0.717) is 24.7 Å². The van der Waals surface area contributed by atoms with Crippen LogP contribution in [0.5, 0.6) is 0 Å². The summed E-state index contributed by atoms with van der Waals surface area (Å²) in [6, 6.07) is 9.95. The van der Waals surface area contributed by atoms with Crippen LogP contribution in [0.25, 0.3) is 0 Å². The van der Waals surface area contributed by atoms with Crippen molar-refractivity contribution in [2.24, 2.45) is 5.92 Å². The summed E-state index contributed by atoms with van der Waals surface area (Å²) in [4.78, 5) is 21.9. The Hall–Kier alpha value is -2.11. The Labute approximate surface area is 177 Å². The molecular formula is C23H28ClN3O2. The van der Waals surface area contributed by atoms with Gasteiger partial charge in [-0.25, -0.2) is 0 Å². The summed E-state index contributed by atoms with van der Waals surface area (Å²) in [7, 11) is 1.92. The number of rotatable bonds is 5. The van der Waals surface area contributed by atoms with Crippen molar-refractivity contribution in [1.29, 1.82) is 0 Å². The molecule has 1 amide bonds. The van der Waals surface area contributed by atoms with Crippen molar-refractivity contribution in [2.45, 2.75) is 31.7 Å². The van der Waals surface area contributed by atoms with Gasteiger partial charge >= 0.3 is 0 Å². The first-order valence-electron chi connectivity index (χ1n) is 10.4. The van der Waals surface area contributed by atoms with E-state index >= 15 is 0 Å². The highest BCUT2D eigenvalue weighted by atomic mass is 35.5. The minimum atomic E-state index is 0.0134. The molecule has 1 aromatic heterocycles. The fourth-order valence-electron chi connectivity index (χ4n) is 4.61. The summed E-state index contributed by atoms with van der Waals surface area (Å²) in [5.74, 6) is 0.486. The molecular weight excluding hydrogens is 386 g/mol. The normalized spacial score (nSPS) is 18.6. The molecule has 2 aliphatic rings. The van der Waals surface area contributed by atoms with Gasteiger partial charge < -0.3 is 14.5 Å². The summed E-state index contributed by atoms with van der Waals surface area (Å²) in [6.07, 6.45) is 8.26. The molecule has 0 N–H and O–H groups in total. The number of ether oxygens (including phenoxy) is 1. The number of amides is 1. The maximum atomic E-state index is 13.4. The summed E-state index contributed by atoms with van der Waals surface area (Å²) in [5.41, 5.74) is 2.76. The topological polar surface area (TPSA) is 45.7 Å². The van der Waals surface area contributed by atoms with Crippen LogP contribution in [0, 0.1) is 5.92 Å².